The van der Waals surface area contributed by atoms with Gasteiger partial charge < -0.3 is 25.3 Å². The van der Waals surface area contributed by atoms with E-state index in [-0.39, 0.29) is 11.7 Å². The number of hydrogen-bond acceptors (Lipinski definition) is 8. The highest BCUT2D eigenvalue weighted by Crippen LogP contribution is 2.43. The lowest BCUT2D eigenvalue weighted by Crippen LogP contribution is -2.42. The van der Waals surface area contributed by atoms with Crippen molar-refractivity contribution < 1.29 is 19.0 Å². The van der Waals surface area contributed by atoms with Crippen molar-refractivity contribution >= 4 is 45.5 Å². The van der Waals surface area contributed by atoms with E-state index >= 15 is 0 Å². The number of nitrogen functional groups attached to an aromatic ring is 1. The van der Waals surface area contributed by atoms with Crippen LogP contribution in [0.2, 0.25) is 0 Å². The Balaban J connectivity index is 1.76. The SMILES string of the molecule is CCNC(=O)[C@@H]1O[C@H](n2cnc3c(N)nc(I)nc32)C2OC(C)(C)O[C@@H]21. The van der Waals surface area contributed by atoms with Gasteiger partial charge in [0.2, 0.25) is 0 Å². The minimum absolute atomic E-state index is 0.237. The molecule has 26 heavy (non-hydrogen) atoms. The number of carbonyl (C=O) groups excluding carboxylic acids is 1. The Hall–Kier alpha value is -1.57. The van der Waals surface area contributed by atoms with E-state index in [9.17, 15) is 4.79 Å². The summed E-state index contributed by atoms with van der Waals surface area (Å²) in [5.74, 6) is -0.766. The smallest absolute Gasteiger partial charge is 0.252 e. The first-order valence-corrected chi connectivity index (χ1v) is 9.33. The van der Waals surface area contributed by atoms with Crippen LogP contribution in [0.3, 0.4) is 0 Å². The molecule has 1 unspecified atom stereocenters. The number of fused-ring (bicyclic) bond motifs is 2. The number of halogens is 1. The minimum Gasteiger partial charge on any atom is -0.382 e. The molecule has 4 atom stereocenters. The Morgan fingerprint density at radius 2 is 2.12 bits per heavy atom. The zero-order chi connectivity index (χ0) is 18.6. The van der Waals surface area contributed by atoms with Gasteiger partial charge in [-0.1, -0.05) is 0 Å². The quantitative estimate of drug-likeness (QED) is 0.489. The summed E-state index contributed by atoms with van der Waals surface area (Å²) in [7, 11) is 0. The van der Waals surface area contributed by atoms with Crippen LogP contribution in [0.1, 0.15) is 27.0 Å². The lowest BCUT2D eigenvalue weighted by atomic mass is 10.1. The molecule has 0 spiro atoms. The van der Waals surface area contributed by atoms with Gasteiger partial charge in [0, 0.05) is 29.1 Å². The Labute approximate surface area is 162 Å². The molecule has 0 saturated carbocycles. The van der Waals surface area contributed by atoms with E-state index in [2.05, 4.69) is 20.3 Å². The number of anilines is 1. The number of nitrogens with two attached hydrogens (primary N) is 1. The third kappa shape index (κ3) is 2.82. The van der Waals surface area contributed by atoms with E-state index < -0.39 is 30.3 Å². The molecule has 140 valence electrons. The second-order valence-electron chi connectivity index (χ2n) is 6.61. The number of imidazole rings is 1. The molecule has 10 nitrogen and oxygen atoms in total. The van der Waals surface area contributed by atoms with E-state index in [1.807, 2.05) is 43.4 Å². The second kappa shape index (κ2) is 6.25. The molecule has 0 aliphatic carbocycles. The Morgan fingerprint density at radius 3 is 2.85 bits per heavy atom. The molecule has 0 radical (unpaired) electrons. The number of rotatable bonds is 3. The summed E-state index contributed by atoms with van der Waals surface area (Å²) in [5.41, 5.74) is 6.94. The fourth-order valence-corrected chi connectivity index (χ4v) is 3.87. The normalized spacial score (nSPS) is 29.8. The lowest BCUT2D eigenvalue weighted by Gasteiger charge is -2.24. The lowest BCUT2D eigenvalue weighted by molar-refractivity contribution is -0.197. The number of likely N-dealkylation sites (N-methyl/N-ethyl adjacent to an activating group) is 1. The van der Waals surface area contributed by atoms with Crippen LogP contribution >= 0.6 is 22.6 Å². The number of aromatic nitrogens is 4. The van der Waals surface area contributed by atoms with Crippen molar-refractivity contribution in [2.24, 2.45) is 0 Å². The van der Waals surface area contributed by atoms with Gasteiger partial charge in [0.25, 0.3) is 5.91 Å². The minimum atomic E-state index is -0.819. The predicted molar refractivity (Wildman–Crippen MR) is 98.9 cm³/mol. The Morgan fingerprint density at radius 1 is 1.38 bits per heavy atom. The van der Waals surface area contributed by atoms with Gasteiger partial charge in [0.15, 0.2) is 33.4 Å². The molecule has 0 aromatic carbocycles. The van der Waals surface area contributed by atoms with Crippen molar-refractivity contribution in [2.75, 3.05) is 12.3 Å². The average molecular weight is 474 g/mol. The molecule has 2 fully saturated rings. The van der Waals surface area contributed by atoms with E-state index in [0.29, 0.717) is 21.5 Å². The molecule has 0 bridgehead atoms. The summed E-state index contributed by atoms with van der Waals surface area (Å²) in [5, 5.41) is 2.78. The van der Waals surface area contributed by atoms with E-state index in [0.717, 1.165) is 0 Å². The highest BCUT2D eigenvalue weighted by Gasteiger charge is 2.58. The summed E-state index contributed by atoms with van der Waals surface area (Å²) in [6, 6.07) is 0. The van der Waals surface area contributed by atoms with Crippen molar-refractivity contribution in [2.45, 2.75) is 51.1 Å². The maximum absolute atomic E-state index is 12.4. The summed E-state index contributed by atoms with van der Waals surface area (Å²) in [6.07, 6.45) is -0.851. The number of carbonyl (C=O) groups is 1. The maximum Gasteiger partial charge on any atom is 0.252 e. The van der Waals surface area contributed by atoms with Gasteiger partial charge in [-0.3, -0.25) is 9.36 Å². The highest BCUT2D eigenvalue weighted by molar-refractivity contribution is 14.1. The summed E-state index contributed by atoms with van der Waals surface area (Å²) in [6.45, 7) is 5.97. The van der Waals surface area contributed by atoms with Crippen LogP contribution in [0.25, 0.3) is 11.2 Å². The van der Waals surface area contributed by atoms with Crippen LogP contribution in [0.5, 0.6) is 0 Å². The van der Waals surface area contributed by atoms with Gasteiger partial charge in [-0.05, 0) is 20.8 Å². The first kappa shape index (κ1) is 17.8. The van der Waals surface area contributed by atoms with E-state index in [4.69, 9.17) is 19.9 Å². The maximum atomic E-state index is 12.4. The molecule has 11 heteroatoms. The molecule has 3 N–H and O–H groups in total. The van der Waals surface area contributed by atoms with Crippen LogP contribution in [-0.4, -0.2) is 56.1 Å². The highest BCUT2D eigenvalue weighted by atomic mass is 127. The summed E-state index contributed by atoms with van der Waals surface area (Å²) < 4.78 is 20.2. The van der Waals surface area contributed by atoms with Crippen molar-refractivity contribution in [3.63, 3.8) is 0 Å². The molecule has 4 heterocycles. The van der Waals surface area contributed by atoms with Gasteiger partial charge in [-0.2, -0.15) is 0 Å². The number of ether oxygens (including phenoxy) is 3. The van der Waals surface area contributed by atoms with Crippen LogP contribution in [0, 0.1) is 3.83 Å². The van der Waals surface area contributed by atoms with Crippen molar-refractivity contribution in [1.82, 2.24) is 24.8 Å². The van der Waals surface area contributed by atoms with Crippen LogP contribution in [0.4, 0.5) is 5.82 Å². The van der Waals surface area contributed by atoms with Crippen molar-refractivity contribution in [3.8, 4) is 0 Å². The largest absolute Gasteiger partial charge is 0.382 e. The van der Waals surface area contributed by atoms with E-state index in [1.54, 1.807) is 10.9 Å². The molecule has 2 aliphatic rings. The number of amides is 1. The van der Waals surface area contributed by atoms with Gasteiger partial charge in [-0.25, -0.2) is 15.0 Å². The zero-order valence-corrected chi connectivity index (χ0v) is 16.6. The Bertz CT molecular complexity index is 871. The third-order valence-electron chi connectivity index (χ3n) is 4.33. The third-order valence-corrected chi connectivity index (χ3v) is 4.82. The first-order valence-electron chi connectivity index (χ1n) is 8.25. The molecule has 2 aliphatic heterocycles. The molecule has 2 saturated heterocycles. The second-order valence-corrected chi connectivity index (χ2v) is 7.57. The topological polar surface area (TPSA) is 126 Å². The fraction of sp³-hybridized carbons (Fsp3) is 0.600. The van der Waals surface area contributed by atoms with Crippen LogP contribution < -0.4 is 11.1 Å². The molecule has 1 amide bonds. The number of hydrogen-bond donors (Lipinski definition) is 2. The van der Waals surface area contributed by atoms with Crippen molar-refractivity contribution in [1.29, 1.82) is 0 Å². The van der Waals surface area contributed by atoms with Crippen LogP contribution in [-0.2, 0) is 19.0 Å². The predicted octanol–water partition coefficient (Wildman–Crippen LogP) is 0.567. The molecule has 2 aromatic rings. The van der Waals surface area contributed by atoms with E-state index in [1.165, 1.54) is 0 Å². The summed E-state index contributed by atoms with van der Waals surface area (Å²) in [4.78, 5) is 25.3. The fourth-order valence-electron chi connectivity index (χ4n) is 3.38. The average Bonchev–Trinajstić information content (AvgIpc) is 3.18. The molecular weight excluding hydrogens is 455 g/mol. The van der Waals surface area contributed by atoms with Crippen LogP contribution in [0.15, 0.2) is 6.33 Å². The van der Waals surface area contributed by atoms with Gasteiger partial charge in [-0.15, -0.1) is 0 Å². The first-order chi connectivity index (χ1) is 12.3. The molecule has 4 rings (SSSR count). The number of nitrogens with zero attached hydrogens (tertiary/aromatic N) is 4. The van der Waals surface area contributed by atoms with Gasteiger partial charge in [0.05, 0.1) is 6.33 Å². The standard InChI is InChI=1S/C15H19IN6O4/c1-4-18-12(23)8-7-9(26-15(2,3)25-7)13(24-8)22-5-19-6-10(17)20-14(16)21-11(6)22/h5,7-9,13H,4H2,1-3H3,(H,18,23)(H2,17,20,21)/t7-,8-,9?,13+/m1/s1. The molecule has 2 aromatic heterocycles. The number of nitrogens with one attached hydrogen (secondary N) is 1. The zero-order valence-electron chi connectivity index (χ0n) is 14.5. The summed E-state index contributed by atoms with van der Waals surface area (Å²) >= 11 is 1.99. The molecular formula is C15H19IN6O4. The van der Waals surface area contributed by atoms with Gasteiger partial charge >= 0.3 is 0 Å². The Kier molecular flexibility index (Phi) is 4.28. The van der Waals surface area contributed by atoms with Crippen molar-refractivity contribution in [3.05, 3.63) is 10.2 Å². The van der Waals surface area contributed by atoms with Gasteiger partial charge in [0.1, 0.15) is 17.7 Å². The monoisotopic (exact) mass is 474 g/mol.